The number of rotatable bonds is 7. The summed E-state index contributed by atoms with van der Waals surface area (Å²) in [5.74, 6) is 0. The smallest absolute Gasteiger partial charge is 0.105 e. The molecule has 2 atom stereocenters. The Hall–Kier alpha value is 0.230. The first kappa shape index (κ1) is 18.3. The minimum absolute atomic E-state index is 0.224. The van der Waals surface area contributed by atoms with Crippen molar-refractivity contribution in [2.45, 2.75) is 77.4 Å². The summed E-state index contributed by atoms with van der Waals surface area (Å²) in [5.41, 5.74) is 0.224. The van der Waals surface area contributed by atoms with Crippen LogP contribution in [0, 0.1) is 5.41 Å². The third-order valence-electron chi connectivity index (χ3n) is 3.15. The second-order valence-electron chi connectivity index (χ2n) is 7.46. The van der Waals surface area contributed by atoms with Crippen LogP contribution in [0.5, 0.6) is 0 Å². The lowest BCUT2D eigenvalue weighted by atomic mass is 9.94. The predicted octanol–water partition coefficient (Wildman–Crippen LogP) is 4.06. The van der Waals surface area contributed by atoms with Crippen LogP contribution in [0.25, 0.3) is 0 Å². The van der Waals surface area contributed by atoms with Crippen LogP contribution >= 0.6 is 12.6 Å². The quantitative estimate of drug-likeness (QED) is 0.437. The maximum absolute atomic E-state index is 5.93. The summed E-state index contributed by atoms with van der Waals surface area (Å²) >= 11 is 4.44. The molecule has 0 amide bonds. The molecule has 1 rings (SSSR count). The number of hydrogen-bond acceptors (Lipinski definition) is 4. The molecule has 120 valence electrons. The lowest BCUT2D eigenvalue weighted by Crippen LogP contribution is -2.33. The van der Waals surface area contributed by atoms with Gasteiger partial charge in [0.25, 0.3) is 0 Å². The molecule has 0 aromatic carbocycles. The van der Waals surface area contributed by atoms with Gasteiger partial charge in [0.1, 0.15) is 4.93 Å². The van der Waals surface area contributed by atoms with Crippen LogP contribution in [0.15, 0.2) is 0 Å². The van der Waals surface area contributed by atoms with E-state index in [-0.39, 0.29) is 16.5 Å². The van der Waals surface area contributed by atoms with E-state index in [4.69, 9.17) is 14.2 Å². The minimum atomic E-state index is -0.359. The summed E-state index contributed by atoms with van der Waals surface area (Å²) in [4.78, 5) is -0.359. The van der Waals surface area contributed by atoms with E-state index in [0.717, 1.165) is 25.9 Å². The molecule has 1 saturated carbocycles. The molecular weight excluding hydrogens is 272 g/mol. The molecule has 0 N–H and O–H groups in total. The fourth-order valence-electron chi connectivity index (χ4n) is 2.42. The van der Waals surface area contributed by atoms with Crippen LogP contribution in [0.3, 0.4) is 0 Å². The summed E-state index contributed by atoms with van der Waals surface area (Å²) in [7, 11) is 0. The zero-order valence-corrected chi connectivity index (χ0v) is 14.7. The molecule has 0 aliphatic heterocycles. The monoisotopic (exact) mass is 304 g/mol. The maximum atomic E-state index is 5.93. The van der Waals surface area contributed by atoms with Gasteiger partial charge in [0, 0.05) is 0 Å². The van der Waals surface area contributed by atoms with Crippen molar-refractivity contribution in [2.24, 2.45) is 5.41 Å². The minimum Gasteiger partial charge on any atom is -0.379 e. The lowest BCUT2D eigenvalue weighted by Gasteiger charge is -2.33. The van der Waals surface area contributed by atoms with Gasteiger partial charge in [0.15, 0.2) is 0 Å². The van der Waals surface area contributed by atoms with Crippen LogP contribution < -0.4 is 0 Å². The Balaban J connectivity index is 2.14. The van der Waals surface area contributed by atoms with Gasteiger partial charge in [-0.05, 0) is 44.9 Å². The lowest BCUT2D eigenvalue weighted by molar-refractivity contribution is -0.0835. The SMILES string of the molecule is CC(C)(C)COCCOC1CCCC(OC(C)(C)S)C1. The summed E-state index contributed by atoms with van der Waals surface area (Å²) in [6.45, 7) is 12.6. The summed E-state index contributed by atoms with van der Waals surface area (Å²) in [6.07, 6.45) is 4.97. The van der Waals surface area contributed by atoms with Gasteiger partial charge in [-0.25, -0.2) is 0 Å². The van der Waals surface area contributed by atoms with E-state index in [1.54, 1.807) is 0 Å². The van der Waals surface area contributed by atoms with E-state index in [1.807, 2.05) is 13.8 Å². The zero-order chi connectivity index (χ0) is 15.2. The standard InChI is InChI=1S/C16H32O3S/c1-15(2,3)12-17-9-10-18-13-7-6-8-14(11-13)19-16(4,5)20/h13-14,20H,6-12H2,1-5H3. The average Bonchev–Trinajstić information content (AvgIpc) is 2.25. The van der Waals surface area contributed by atoms with Crippen molar-refractivity contribution in [3.63, 3.8) is 0 Å². The van der Waals surface area contributed by atoms with E-state index < -0.39 is 0 Å². The highest BCUT2D eigenvalue weighted by Crippen LogP contribution is 2.28. The molecule has 0 aromatic rings. The molecule has 0 aromatic heterocycles. The molecule has 0 radical (unpaired) electrons. The molecular formula is C16H32O3S. The molecule has 1 aliphatic carbocycles. The van der Waals surface area contributed by atoms with E-state index >= 15 is 0 Å². The van der Waals surface area contributed by atoms with Gasteiger partial charge in [-0.2, -0.15) is 0 Å². The van der Waals surface area contributed by atoms with Gasteiger partial charge in [-0.15, -0.1) is 12.6 Å². The second-order valence-corrected chi connectivity index (χ2v) is 8.54. The topological polar surface area (TPSA) is 27.7 Å². The Bertz CT molecular complexity index is 268. The van der Waals surface area contributed by atoms with Crippen molar-refractivity contribution in [2.75, 3.05) is 19.8 Å². The van der Waals surface area contributed by atoms with E-state index in [0.29, 0.717) is 19.3 Å². The molecule has 1 fully saturated rings. The first-order chi connectivity index (χ1) is 9.16. The third kappa shape index (κ3) is 9.22. The molecule has 4 heteroatoms. The first-order valence-corrected chi connectivity index (χ1v) is 8.20. The van der Waals surface area contributed by atoms with E-state index in [9.17, 15) is 0 Å². The number of ether oxygens (including phenoxy) is 3. The Labute approximate surface area is 130 Å². The van der Waals surface area contributed by atoms with Crippen LogP contribution in [0.4, 0.5) is 0 Å². The average molecular weight is 304 g/mol. The summed E-state index contributed by atoms with van der Waals surface area (Å²) < 4.78 is 17.5. The van der Waals surface area contributed by atoms with Gasteiger partial charge in [-0.3, -0.25) is 0 Å². The number of thiol groups is 1. The van der Waals surface area contributed by atoms with Crippen molar-refractivity contribution < 1.29 is 14.2 Å². The second kappa shape index (κ2) is 8.02. The van der Waals surface area contributed by atoms with Crippen molar-refractivity contribution >= 4 is 12.6 Å². The Morgan fingerprint density at radius 1 is 1.00 bits per heavy atom. The first-order valence-electron chi connectivity index (χ1n) is 7.75. The Morgan fingerprint density at radius 2 is 1.65 bits per heavy atom. The van der Waals surface area contributed by atoms with Crippen molar-refractivity contribution in [1.29, 1.82) is 0 Å². The normalized spacial score (nSPS) is 24.9. The highest BCUT2D eigenvalue weighted by Gasteiger charge is 2.27. The molecule has 1 aliphatic rings. The van der Waals surface area contributed by atoms with Gasteiger partial charge < -0.3 is 14.2 Å². The molecule has 3 nitrogen and oxygen atoms in total. The Morgan fingerprint density at radius 3 is 2.25 bits per heavy atom. The van der Waals surface area contributed by atoms with Crippen LogP contribution in [0.2, 0.25) is 0 Å². The zero-order valence-electron chi connectivity index (χ0n) is 13.8. The molecule has 2 unspecified atom stereocenters. The van der Waals surface area contributed by atoms with E-state index in [1.165, 1.54) is 6.42 Å². The maximum Gasteiger partial charge on any atom is 0.105 e. The third-order valence-corrected chi connectivity index (χ3v) is 3.25. The van der Waals surface area contributed by atoms with Gasteiger partial charge in [0.05, 0.1) is 32.0 Å². The van der Waals surface area contributed by atoms with E-state index in [2.05, 4.69) is 33.4 Å². The molecule has 20 heavy (non-hydrogen) atoms. The van der Waals surface area contributed by atoms with Crippen LogP contribution in [0.1, 0.15) is 60.3 Å². The highest BCUT2D eigenvalue weighted by atomic mass is 32.1. The predicted molar refractivity (Wildman–Crippen MR) is 86.4 cm³/mol. The summed E-state index contributed by atoms with van der Waals surface area (Å²) in [5, 5.41) is 0. The van der Waals surface area contributed by atoms with Gasteiger partial charge in [0.2, 0.25) is 0 Å². The van der Waals surface area contributed by atoms with Gasteiger partial charge >= 0.3 is 0 Å². The van der Waals surface area contributed by atoms with Crippen molar-refractivity contribution in [1.82, 2.24) is 0 Å². The molecule has 0 spiro atoms. The fraction of sp³-hybridized carbons (Fsp3) is 1.00. The van der Waals surface area contributed by atoms with Gasteiger partial charge in [-0.1, -0.05) is 20.8 Å². The summed E-state index contributed by atoms with van der Waals surface area (Å²) in [6, 6.07) is 0. The van der Waals surface area contributed by atoms with Crippen molar-refractivity contribution in [3.8, 4) is 0 Å². The largest absolute Gasteiger partial charge is 0.379 e. The van der Waals surface area contributed by atoms with Crippen LogP contribution in [-0.4, -0.2) is 37.0 Å². The fourth-order valence-corrected chi connectivity index (χ4v) is 2.57. The van der Waals surface area contributed by atoms with Crippen molar-refractivity contribution in [3.05, 3.63) is 0 Å². The molecule has 0 heterocycles. The Kier molecular flexibility index (Phi) is 7.33. The molecule has 0 saturated heterocycles. The number of hydrogen-bond donors (Lipinski definition) is 1. The molecule has 0 bridgehead atoms. The highest BCUT2D eigenvalue weighted by molar-refractivity contribution is 7.81. The van der Waals surface area contributed by atoms with Crippen LogP contribution in [-0.2, 0) is 14.2 Å².